The molecule has 1 atom stereocenters. The van der Waals surface area contributed by atoms with E-state index in [2.05, 4.69) is 6.58 Å². The van der Waals surface area contributed by atoms with Crippen LogP contribution in [0.5, 0.6) is 0 Å². The van der Waals surface area contributed by atoms with Gasteiger partial charge in [0.15, 0.2) is 5.92 Å². The van der Waals surface area contributed by atoms with Crippen LogP contribution >= 0.6 is 0 Å². The van der Waals surface area contributed by atoms with Crippen molar-refractivity contribution in [1.82, 2.24) is 0 Å². The Bertz CT molecular complexity index is 418. The first kappa shape index (κ1) is 26.1. The largest absolute Gasteiger partial charge is 0.455 e. The van der Waals surface area contributed by atoms with Crippen LogP contribution < -0.4 is 0 Å². The summed E-state index contributed by atoms with van der Waals surface area (Å²) < 4.78 is 141. The first-order valence-electron chi connectivity index (χ1n) is 5.90. The highest BCUT2D eigenvalue weighted by atomic mass is 19.4. The minimum atomic E-state index is -6.06. The molecule has 0 saturated carbocycles. The standard InChI is InChI=1S/C6H6F6O.C5H6F6O/c1-3(2)4(7,8)5(9,13)6(10,11)12;6-4(7,8)3(1-2-12)5(9,10)11/h13H,1H2,2H3;3,12H,1-2H2. The lowest BCUT2D eigenvalue weighted by Gasteiger charge is -2.30. The predicted molar refractivity (Wildman–Crippen MR) is 59.2 cm³/mol. The van der Waals surface area contributed by atoms with Gasteiger partial charge in [-0.15, -0.1) is 0 Å². The Morgan fingerprint density at radius 2 is 1.16 bits per heavy atom. The summed E-state index contributed by atoms with van der Waals surface area (Å²) in [6.45, 7) is 1.80. The van der Waals surface area contributed by atoms with E-state index in [1.54, 1.807) is 0 Å². The van der Waals surface area contributed by atoms with Crippen molar-refractivity contribution in [2.75, 3.05) is 6.61 Å². The zero-order valence-electron chi connectivity index (χ0n) is 12.1. The van der Waals surface area contributed by atoms with Crippen LogP contribution in [0, 0.1) is 5.92 Å². The van der Waals surface area contributed by atoms with Crippen molar-refractivity contribution in [3.05, 3.63) is 12.2 Å². The molecular weight excluding hydrogens is 392 g/mol. The third-order valence-corrected chi connectivity index (χ3v) is 2.54. The number of rotatable bonds is 4. The van der Waals surface area contributed by atoms with Gasteiger partial charge in [0.2, 0.25) is 0 Å². The summed E-state index contributed by atoms with van der Waals surface area (Å²) in [4.78, 5) is 0. The quantitative estimate of drug-likeness (QED) is 0.534. The summed E-state index contributed by atoms with van der Waals surface area (Å²) in [5, 5.41) is 15.9. The molecule has 0 rings (SSSR count). The van der Waals surface area contributed by atoms with E-state index in [1.807, 2.05) is 0 Å². The Kier molecular flexibility index (Phi) is 8.35. The third kappa shape index (κ3) is 6.92. The SMILES string of the molecule is C=C(C)C(F)(F)C(O)(F)C(F)(F)F.OCCC(C(F)(F)F)C(F)(F)F. The van der Waals surface area contributed by atoms with Crippen LogP contribution in [0.15, 0.2) is 12.2 Å². The maximum Gasteiger partial charge on any atom is 0.455 e. The number of aliphatic hydroxyl groups excluding tert-OH is 1. The molecule has 0 aromatic rings. The molecule has 0 aliphatic carbocycles. The molecule has 0 fully saturated rings. The molecule has 0 bridgehead atoms. The van der Waals surface area contributed by atoms with Gasteiger partial charge in [0.25, 0.3) is 0 Å². The van der Waals surface area contributed by atoms with Crippen LogP contribution in [0.4, 0.5) is 52.7 Å². The van der Waals surface area contributed by atoms with Crippen molar-refractivity contribution in [3.63, 3.8) is 0 Å². The van der Waals surface area contributed by atoms with E-state index < -0.39 is 54.8 Å². The lowest BCUT2D eigenvalue weighted by molar-refractivity contribution is -0.375. The van der Waals surface area contributed by atoms with Crippen molar-refractivity contribution in [3.8, 4) is 0 Å². The van der Waals surface area contributed by atoms with Gasteiger partial charge in [0.1, 0.15) is 0 Å². The average molecular weight is 404 g/mol. The molecule has 0 aromatic heterocycles. The van der Waals surface area contributed by atoms with Crippen molar-refractivity contribution in [1.29, 1.82) is 0 Å². The van der Waals surface area contributed by atoms with Gasteiger partial charge in [0, 0.05) is 6.61 Å². The van der Waals surface area contributed by atoms with E-state index in [0.717, 1.165) is 0 Å². The van der Waals surface area contributed by atoms with Crippen LogP contribution in [0.3, 0.4) is 0 Å². The summed E-state index contributed by atoms with van der Waals surface area (Å²) in [5.41, 5.74) is -1.41. The minimum Gasteiger partial charge on any atom is -0.396 e. The second-order valence-electron chi connectivity index (χ2n) is 4.62. The van der Waals surface area contributed by atoms with Gasteiger partial charge in [-0.2, -0.15) is 52.7 Å². The Hall–Kier alpha value is -1.18. The highest BCUT2D eigenvalue weighted by Gasteiger charge is 2.71. The molecule has 0 amide bonds. The van der Waals surface area contributed by atoms with E-state index in [-0.39, 0.29) is 0 Å². The van der Waals surface area contributed by atoms with Crippen LogP contribution in [-0.2, 0) is 0 Å². The summed E-state index contributed by atoms with van der Waals surface area (Å²) in [6.07, 6.45) is -18.1. The van der Waals surface area contributed by atoms with Gasteiger partial charge >= 0.3 is 30.3 Å². The fraction of sp³-hybridized carbons (Fsp3) is 0.818. The van der Waals surface area contributed by atoms with E-state index in [4.69, 9.17) is 10.2 Å². The Labute approximate surface area is 132 Å². The molecule has 25 heavy (non-hydrogen) atoms. The molecule has 0 aliphatic heterocycles. The van der Waals surface area contributed by atoms with Crippen molar-refractivity contribution in [2.45, 2.75) is 43.7 Å². The first-order valence-corrected chi connectivity index (χ1v) is 5.90. The fourth-order valence-corrected chi connectivity index (χ4v) is 1.10. The second kappa shape index (κ2) is 8.01. The Balaban J connectivity index is 0. The summed E-state index contributed by atoms with van der Waals surface area (Å²) in [6, 6.07) is 0. The molecule has 0 saturated heterocycles. The predicted octanol–water partition coefficient (Wildman–Crippen LogP) is 4.53. The maximum atomic E-state index is 12.4. The maximum absolute atomic E-state index is 12.4. The molecule has 1 unspecified atom stereocenters. The molecule has 0 spiro atoms. The molecule has 14 heteroatoms. The van der Waals surface area contributed by atoms with Gasteiger partial charge in [-0.25, -0.2) is 0 Å². The summed E-state index contributed by atoms with van der Waals surface area (Å²) >= 11 is 0. The van der Waals surface area contributed by atoms with Crippen LogP contribution in [0.2, 0.25) is 0 Å². The number of aliphatic hydroxyl groups is 2. The fourth-order valence-electron chi connectivity index (χ4n) is 1.10. The Morgan fingerprint density at radius 3 is 1.24 bits per heavy atom. The van der Waals surface area contributed by atoms with Crippen LogP contribution in [0.25, 0.3) is 0 Å². The topological polar surface area (TPSA) is 40.5 Å². The normalized spacial score (nSPS) is 16.2. The van der Waals surface area contributed by atoms with Crippen LogP contribution in [-0.4, -0.2) is 47.1 Å². The van der Waals surface area contributed by atoms with Gasteiger partial charge in [-0.3, -0.25) is 0 Å². The molecule has 0 heterocycles. The lowest BCUT2D eigenvalue weighted by atomic mass is 10.0. The average Bonchev–Trinajstić information content (AvgIpc) is 2.32. The molecule has 2 N–H and O–H groups in total. The van der Waals surface area contributed by atoms with Crippen molar-refractivity contribution in [2.24, 2.45) is 5.92 Å². The van der Waals surface area contributed by atoms with Gasteiger partial charge in [-0.05, 0) is 18.9 Å². The highest BCUT2D eigenvalue weighted by molar-refractivity contribution is 5.12. The number of hydrogen-bond donors (Lipinski definition) is 2. The summed E-state index contributed by atoms with van der Waals surface area (Å²) in [5.74, 6) is -14.0. The van der Waals surface area contributed by atoms with E-state index in [0.29, 0.717) is 6.92 Å². The molecule has 152 valence electrons. The van der Waals surface area contributed by atoms with E-state index >= 15 is 0 Å². The van der Waals surface area contributed by atoms with E-state index in [9.17, 15) is 52.7 Å². The molecule has 0 radical (unpaired) electrons. The van der Waals surface area contributed by atoms with Gasteiger partial charge in [0.05, 0.1) is 0 Å². The monoisotopic (exact) mass is 404 g/mol. The molecule has 2 nitrogen and oxygen atoms in total. The number of halogens is 12. The van der Waals surface area contributed by atoms with Crippen molar-refractivity contribution >= 4 is 0 Å². The lowest BCUT2D eigenvalue weighted by Crippen LogP contribution is -2.55. The van der Waals surface area contributed by atoms with E-state index in [1.165, 1.54) is 0 Å². The number of hydrogen-bond acceptors (Lipinski definition) is 2. The number of alkyl halides is 12. The van der Waals surface area contributed by atoms with Crippen molar-refractivity contribution < 1.29 is 62.9 Å². The minimum absolute atomic E-state index is 0.482. The molecular formula is C11H12F12O2. The van der Waals surface area contributed by atoms with Gasteiger partial charge in [-0.1, -0.05) is 6.58 Å². The highest BCUT2D eigenvalue weighted by Crippen LogP contribution is 2.46. The Morgan fingerprint density at radius 1 is 0.840 bits per heavy atom. The smallest absolute Gasteiger partial charge is 0.396 e. The molecule has 0 aliphatic rings. The zero-order chi connectivity index (χ0) is 21.1. The van der Waals surface area contributed by atoms with Crippen LogP contribution in [0.1, 0.15) is 13.3 Å². The molecule has 0 aromatic carbocycles. The second-order valence-corrected chi connectivity index (χ2v) is 4.62. The van der Waals surface area contributed by atoms with Gasteiger partial charge < -0.3 is 10.2 Å². The zero-order valence-corrected chi connectivity index (χ0v) is 12.1. The first-order chi connectivity index (χ1) is 10.6. The summed E-state index contributed by atoms with van der Waals surface area (Å²) in [7, 11) is 0. The third-order valence-electron chi connectivity index (χ3n) is 2.54.